The third kappa shape index (κ3) is 2.67. The molecule has 0 aromatic heterocycles. The van der Waals surface area contributed by atoms with Crippen molar-refractivity contribution in [2.75, 3.05) is 24.5 Å². The largest absolute Gasteiger partial charge is 0.369 e. The van der Waals surface area contributed by atoms with Gasteiger partial charge in [-0.25, -0.2) is 4.39 Å². The van der Waals surface area contributed by atoms with Crippen LogP contribution >= 0.6 is 0 Å². The molecule has 0 unspecified atom stereocenters. The zero-order chi connectivity index (χ0) is 13.1. The lowest BCUT2D eigenvalue weighted by molar-refractivity contribution is -0.120. The number of amides is 1. The maximum absolute atomic E-state index is 13.2. The molecular formula is C13H15FN2O2. The van der Waals surface area contributed by atoms with Crippen molar-refractivity contribution in [3.05, 3.63) is 29.6 Å². The monoisotopic (exact) mass is 250 g/mol. The van der Waals surface area contributed by atoms with E-state index in [2.05, 4.69) is 5.32 Å². The van der Waals surface area contributed by atoms with E-state index in [-0.39, 0.29) is 11.7 Å². The Morgan fingerprint density at radius 2 is 2.17 bits per heavy atom. The Labute approximate surface area is 105 Å². The molecule has 4 nitrogen and oxygen atoms in total. The van der Waals surface area contributed by atoms with Crippen LogP contribution < -0.4 is 10.2 Å². The Morgan fingerprint density at radius 3 is 2.89 bits per heavy atom. The molecular weight excluding hydrogens is 235 g/mol. The van der Waals surface area contributed by atoms with Gasteiger partial charge in [0.05, 0.1) is 0 Å². The molecule has 0 spiro atoms. The second kappa shape index (κ2) is 5.16. The van der Waals surface area contributed by atoms with E-state index in [1.165, 1.54) is 19.1 Å². The fraction of sp³-hybridized carbons (Fsp3) is 0.385. The minimum absolute atomic E-state index is 0.00369. The maximum atomic E-state index is 13.2. The Bertz CT molecular complexity index is 488. The van der Waals surface area contributed by atoms with Gasteiger partial charge in [0.2, 0.25) is 5.91 Å². The summed E-state index contributed by atoms with van der Waals surface area (Å²) < 4.78 is 13.2. The van der Waals surface area contributed by atoms with Gasteiger partial charge in [-0.1, -0.05) is 0 Å². The van der Waals surface area contributed by atoms with Crippen molar-refractivity contribution in [3.8, 4) is 0 Å². The molecule has 1 N–H and O–H groups in total. The molecule has 0 atom stereocenters. The number of nitrogens with zero attached hydrogens (tertiary/aromatic N) is 1. The molecule has 1 saturated heterocycles. The Hall–Kier alpha value is -1.91. The molecule has 18 heavy (non-hydrogen) atoms. The number of halogens is 1. The Morgan fingerprint density at radius 1 is 1.39 bits per heavy atom. The summed E-state index contributed by atoms with van der Waals surface area (Å²) in [5.41, 5.74) is 1.06. The van der Waals surface area contributed by atoms with Gasteiger partial charge in [-0.15, -0.1) is 0 Å². The van der Waals surface area contributed by atoms with Crippen molar-refractivity contribution in [3.63, 3.8) is 0 Å². The summed E-state index contributed by atoms with van der Waals surface area (Å²) in [7, 11) is 0. The van der Waals surface area contributed by atoms with Crippen molar-refractivity contribution < 1.29 is 14.0 Å². The van der Waals surface area contributed by atoms with E-state index < -0.39 is 5.82 Å². The third-order valence-electron chi connectivity index (χ3n) is 2.99. The molecule has 2 rings (SSSR count). The minimum Gasteiger partial charge on any atom is -0.369 e. The highest BCUT2D eigenvalue weighted by atomic mass is 19.1. The van der Waals surface area contributed by atoms with Crippen LogP contribution in [0.1, 0.15) is 23.7 Å². The first-order valence-electron chi connectivity index (χ1n) is 5.90. The molecule has 1 aliphatic heterocycles. The fourth-order valence-corrected chi connectivity index (χ4v) is 2.07. The van der Waals surface area contributed by atoms with Crippen LogP contribution in [0.25, 0.3) is 0 Å². The first kappa shape index (κ1) is 12.5. The van der Waals surface area contributed by atoms with E-state index in [0.29, 0.717) is 37.3 Å². The number of hydrogen-bond acceptors (Lipinski definition) is 3. The quantitative estimate of drug-likeness (QED) is 0.806. The van der Waals surface area contributed by atoms with Gasteiger partial charge in [-0.3, -0.25) is 9.59 Å². The lowest BCUT2D eigenvalue weighted by Gasteiger charge is -2.24. The number of anilines is 1. The lowest BCUT2D eigenvalue weighted by Crippen LogP contribution is -2.29. The van der Waals surface area contributed by atoms with Crippen LogP contribution in [0.3, 0.4) is 0 Å². The second-order valence-electron chi connectivity index (χ2n) is 4.30. The topological polar surface area (TPSA) is 49.4 Å². The van der Waals surface area contributed by atoms with Crippen LogP contribution in [0.15, 0.2) is 18.2 Å². The predicted molar refractivity (Wildman–Crippen MR) is 66.2 cm³/mol. The number of rotatable bonds is 2. The van der Waals surface area contributed by atoms with E-state index in [1.807, 2.05) is 4.90 Å². The third-order valence-corrected chi connectivity index (χ3v) is 2.99. The first-order chi connectivity index (χ1) is 8.58. The highest BCUT2D eigenvalue weighted by Crippen LogP contribution is 2.23. The van der Waals surface area contributed by atoms with Gasteiger partial charge >= 0.3 is 0 Å². The number of carbonyl (C=O) groups excluding carboxylic acids is 2. The molecule has 0 aliphatic carbocycles. The van der Waals surface area contributed by atoms with Crippen molar-refractivity contribution in [2.45, 2.75) is 13.3 Å². The summed E-state index contributed by atoms with van der Waals surface area (Å²) >= 11 is 0. The van der Waals surface area contributed by atoms with Crippen molar-refractivity contribution >= 4 is 17.4 Å². The van der Waals surface area contributed by atoms with E-state index in [4.69, 9.17) is 0 Å². The summed E-state index contributed by atoms with van der Waals surface area (Å²) in [6.45, 7) is 3.11. The van der Waals surface area contributed by atoms with Crippen molar-refractivity contribution in [1.82, 2.24) is 5.32 Å². The van der Waals surface area contributed by atoms with Crippen LogP contribution in [0.2, 0.25) is 0 Å². The Kier molecular flexibility index (Phi) is 3.60. The summed E-state index contributed by atoms with van der Waals surface area (Å²) in [4.78, 5) is 24.7. The fourth-order valence-electron chi connectivity index (χ4n) is 2.07. The standard InChI is InChI=1S/C13H15FN2O2/c1-9(17)11-8-10(14)2-3-12(11)16-6-4-13(18)15-5-7-16/h2-3,8H,4-7H2,1H3,(H,15,18). The highest BCUT2D eigenvalue weighted by molar-refractivity contribution is 5.99. The van der Waals surface area contributed by atoms with Crippen LogP contribution in [-0.2, 0) is 4.79 Å². The normalized spacial score (nSPS) is 16.1. The van der Waals surface area contributed by atoms with E-state index in [1.54, 1.807) is 6.07 Å². The zero-order valence-corrected chi connectivity index (χ0v) is 10.2. The molecule has 0 bridgehead atoms. The van der Waals surface area contributed by atoms with Crippen LogP contribution in [0.5, 0.6) is 0 Å². The van der Waals surface area contributed by atoms with Crippen molar-refractivity contribution in [2.24, 2.45) is 0 Å². The van der Waals surface area contributed by atoms with Gasteiger partial charge in [0.25, 0.3) is 0 Å². The summed E-state index contributed by atoms with van der Waals surface area (Å²) in [5, 5.41) is 2.76. The van der Waals surface area contributed by atoms with Gasteiger partial charge < -0.3 is 10.2 Å². The number of nitrogens with one attached hydrogen (secondary N) is 1. The van der Waals surface area contributed by atoms with Gasteiger partial charge in [0, 0.05) is 37.3 Å². The smallest absolute Gasteiger partial charge is 0.221 e. The van der Waals surface area contributed by atoms with Gasteiger partial charge in [-0.2, -0.15) is 0 Å². The van der Waals surface area contributed by atoms with Crippen molar-refractivity contribution in [1.29, 1.82) is 0 Å². The summed E-state index contributed by atoms with van der Waals surface area (Å²) in [5.74, 6) is -0.593. The molecule has 0 saturated carbocycles. The molecule has 0 radical (unpaired) electrons. The lowest BCUT2D eigenvalue weighted by atomic mass is 10.1. The summed E-state index contributed by atoms with van der Waals surface area (Å²) in [6.07, 6.45) is 0.384. The van der Waals surface area contributed by atoms with Crippen LogP contribution in [-0.4, -0.2) is 31.3 Å². The predicted octanol–water partition coefficient (Wildman–Crippen LogP) is 1.35. The van der Waals surface area contributed by atoms with Gasteiger partial charge in [0.1, 0.15) is 5.82 Å². The molecule has 1 aromatic carbocycles. The maximum Gasteiger partial charge on any atom is 0.221 e. The molecule has 1 fully saturated rings. The van der Waals surface area contributed by atoms with Crippen LogP contribution in [0.4, 0.5) is 10.1 Å². The number of benzene rings is 1. The van der Waals surface area contributed by atoms with Crippen LogP contribution in [0, 0.1) is 5.82 Å². The molecule has 5 heteroatoms. The van der Waals surface area contributed by atoms with E-state index in [0.717, 1.165) is 0 Å². The average molecular weight is 250 g/mol. The van der Waals surface area contributed by atoms with E-state index in [9.17, 15) is 14.0 Å². The SMILES string of the molecule is CC(=O)c1cc(F)ccc1N1CCNC(=O)CC1. The highest BCUT2D eigenvalue weighted by Gasteiger charge is 2.18. The average Bonchev–Trinajstić information content (AvgIpc) is 2.54. The number of hydrogen-bond donors (Lipinski definition) is 1. The zero-order valence-electron chi connectivity index (χ0n) is 10.2. The molecule has 1 aliphatic rings. The first-order valence-corrected chi connectivity index (χ1v) is 5.90. The molecule has 1 aromatic rings. The van der Waals surface area contributed by atoms with E-state index >= 15 is 0 Å². The number of ketones is 1. The summed E-state index contributed by atoms with van der Waals surface area (Å²) in [6, 6.07) is 4.18. The minimum atomic E-state index is -0.423. The molecule has 1 heterocycles. The van der Waals surface area contributed by atoms with Gasteiger partial charge in [-0.05, 0) is 25.1 Å². The second-order valence-corrected chi connectivity index (χ2v) is 4.30. The molecule has 1 amide bonds. The number of carbonyl (C=O) groups is 2. The Balaban J connectivity index is 2.31. The number of Topliss-reactive ketones (excluding diaryl/α,β-unsaturated/α-hetero) is 1. The van der Waals surface area contributed by atoms with Gasteiger partial charge in [0.15, 0.2) is 5.78 Å². The molecule has 96 valence electrons.